The van der Waals surface area contributed by atoms with Crippen molar-refractivity contribution in [3.8, 4) is 0 Å². The number of aliphatic hydroxyl groups excluding tert-OH is 1. The molecule has 134 valence electrons. The molecule has 2 heterocycles. The summed E-state index contributed by atoms with van der Waals surface area (Å²) in [4.78, 5) is 19.1. The van der Waals surface area contributed by atoms with Gasteiger partial charge in [0.2, 0.25) is 0 Å². The predicted molar refractivity (Wildman–Crippen MR) is 105 cm³/mol. The van der Waals surface area contributed by atoms with E-state index in [9.17, 15) is 9.90 Å². The summed E-state index contributed by atoms with van der Waals surface area (Å²) >= 11 is 1.56. The fourth-order valence-corrected chi connectivity index (χ4v) is 4.10. The Balaban J connectivity index is 1.45. The highest BCUT2D eigenvalue weighted by Gasteiger charge is 2.18. The number of hydrogen-bond acceptors (Lipinski definition) is 5. The third-order valence-corrected chi connectivity index (χ3v) is 5.46. The van der Waals surface area contributed by atoms with Gasteiger partial charge in [-0.15, -0.1) is 11.3 Å². The number of anilines is 1. The highest BCUT2D eigenvalue weighted by atomic mass is 32.1. The summed E-state index contributed by atoms with van der Waals surface area (Å²) in [6.45, 7) is 2.44. The molecule has 0 unspecified atom stereocenters. The lowest BCUT2D eigenvalue weighted by Gasteiger charge is -2.30. The Kier molecular flexibility index (Phi) is 4.97. The Morgan fingerprint density at radius 2 is 2.23 bits per heavy atom. The maximum absolute atomic E-state index is 12.6. The number of nitrogens with zero attached hydrogens (tertiary/aromatic N) is 2. The zero-order valence-corrected chi connectivity index (χ0v) is 15.2. The van der Waals surface area contributed by atoms with E-state index in [1.807, 2.05) is 42.5 Å². The molecule has 26 heavy (non-hydrogen) atoms. The van der Waals surface area contributed by atoms with Gasteiger partial charge in [0.1, 0.15) is 0 Å². The summed E-state index contributed by atoms with van der Waals surface area (Å²) in [7, 11) is 0. The van der Waals surface area contributed by atoms with Crippen LogP contribution in [0.5, 0.6) is 0 Å². The van der Waals surface area contributed by atoms with Crippen LogP contribution in [-0.4, -0.2) is 40.1 Å². The smallest absolute Gasteiger partial charge is 0.255 e. The second kappa shape index (κ2) is 7.53. The maximum atomic E-state index is 12.6. The van der Waals surface area contributed by atoms with Crippen LogP contribution in [0.3, 0.4) is 0 Å². The molecule has 2 N–H and O–H groups in total. The first-order valence-corrected chi connectivity index (χ1v) is 9.69. The van der Waals surface area contributed by atoms with Crippen molar-refractivity contribution in [2.45, 2.75) is 25.5 Å². The predicted octanol–water partition coefficient (Wildman–Crippen LogP) is 3.51. The van der Waals surface area contributed by atoms with Crippen LogP contribution in [-0.2, 0) is 6.54 Å². The lowest BCUT2D eigenvalue weighted by molar-refractivity contribution is 0.0668. The molecule has 2 aromatic carbocycles. The van der Waals surface area contributed by atoms with Crippen molar-refractivity contribution < 1.29 is 9.90 Å². The number of thiazole rings is 1. The number of β-amino-alcohol motifs (C(OH)–C–C–N with tert-alkyl or cyclic N) is 1. The maximum Gasteiger partial charge on any atom is 0.255 e. The molecule has 3 aromatic rings. The molecule has 1 saturated heterocycles. The second-order valence-corrected chi connectivity index (χ2v) is 7.61. The molecule has 1 aliphatic rings. The standard InChI is InChI=1S/C20H21N3O2S/c24-17-5-2-8-23(12-17)11-14-3-1-4-15(9-14)20(25)22-16-6-7-18-19(10-16)26-13-21-18/h1,3-4,6-7,9-10,13,17,24H,2,5,8,11-12H2,(H,22,25)/t17-/m0/s1. The number of aromatic nitrogens is 1. The fourth-order valence-electron chi connectivity index (χ4n) is 3.38. The molecule has 0 radical (unpaired) electrons. The number of fused-ring (bicyclic) bond motifs is 1. The van der Waals surface area contributed by atoms with Crippen LogP contribution in [0.15, 0.2) is 48.0 Å². The lowest BCUT2D eigenvalue weighted by atomic mass is 10.1. The van der Waals surface area contributed by atoms with Crippen molar-refractivity contribution in [1.29, 1.82) is 0 Å². The minimum atomic E-state index is -0.239. The normalized spacial score (nSPS) is 18.1. The largest absolute Gasteiger partial charge is 0.392 e. The zero-order chi connectivity index (χ0) is 17.9. The number of likely N-dealkylation sites (tertiary alicyclic amines) is 1. The topological polar surface area (TPSA) is 65.5 Å². The average Bonchev–Trinajstić information content (AvgIpc) is 3.10. The molecule has 4 rings (SSSR count). The van der Waals surface area contributed by atoms with Gasteiger partial charge >= 0.3 is 0 Å². The third kappa shape index (κ3) is 3.93. The minimum absolute atomic E-state index is 0.116. The van der Waals surface area contributed by atoms with Gasteiger partial charge < -0.3 is 10.4 Å². The number of benzene rings is 2. The zero-order valence-electron chi connectivity index (χ0n) is 14.4. The number of hydrogen-bond donors (Lipinski definition) is 2. The summed E-state index contributed by atoms with van der Waals surface area (Å²) in [5.74, 6) is -0.116. The Morgan fingerprint density at radius 3 is 3.12 bits per heavy atom. The molecule has 1 amide bonds. The number of nitrogens with one attached hydrogen (secondary N) is 1. The molecular weight excluding hydrogens is 346 g/mol. The van der Waals surface area contributed by atoms with Crippen LogP contribution in [0.25, 0.3) is 10.2 Å². The molecule has 0 aliphatic carbocycles. The van der Waals surface area contributed by atoms with E-state index in [-0.39, 0.29) is 12.0 Å². The first-order chi connectivity index (χ1) is 12.7. The summed E-state index contributed by atoms with van der Waals surface area (Å²) in [6, 6.07) is 13.4. The van der Waals surface area contributed by atoms with E-state index >= 15 is 0 Å². The van der Waals surface area contributed by atoms with Gasteiger partial charge in [-0.25, -0.2) is 4.98 Å². The summed E-state index contributed by atoms with van der Waals surface area (Å²) in [5.41, 5.74) is 5.25. The van der Waals surface area contributed by atoms with E-state index in [0.717, 1.165) is 47.4 Å². The third-order valence-electron chi connectivity index (χ3n) is 4.67. The van der Waals surface area contributed by atoms with Crippen molar-refractivity contribution in [2.75, 3.05) is 18.4 Å². The van der Waals surface area contributed by atoms with E-state index in [1.54, 1.807) is 16.8 Å². The van der Waals surface area contributed by atoms with E-state index in [2.05, 4.69) is 15.2 Å². The second-order valence-electron chi connectivity index (χ2n) is 6.72. The average molecular weight is 367 g/mol. The monoisotopic (exact) mass is 367 g/mol. The van der Waals surface area contributed by atoms with Gasteiger partial charge in [0.25, 0.3) is 5.91 Å². The van der Waals surface area contributed by atoms with E-state index < -0.39 is 0 Å². The number of rotatable bonds is 4. The van der Waals surface area contributed by atoms with Crippen molar-refractivity contribution in [3.05, 3.63) is 59.1 Å². The summed E-state index contributed by atoms with van der Waals surface area (Å²) in [5, 5.41) is 12.8. The quantitative estimate of drug-likeness (QED) is 0.741. The van der Waals surface area contributed by atoms with Crippen molar-refractivity contribution in [1.82, 2.24) is 9.88 Å². The van der Waals surface area contributed by atoms with Crippen LogP contribution >= 0.6 is 11.3 Å². The molecule has 0 bridgehead atoms. The Hall–Kier alpha value is -2.28. The van der Waals surface area contributed by atoms with E-state index in [0.29, 0.717) is 12.1 Å². The first kappa shape index (κ1) is 17.1. The number of amides is 1. The van der Waals surface area contributed by atoms with Crippen molar-refractivity contribution in [2.24, 2.45) is 0 Å². The molecule has 1 aromatic heterocycles. The molecular formula is C20H21N3O2S. The van der Waals surface area contributed by atoms with Crippen LogP contribution in [0.1, 0.15) is 28.8 Å². The fraction of sp³-hybridized carbons (Fsp3) is 0.300. The highest BCUT2D eigenvalue weighted by Crippen LogP contribution is 2.22. The van der Waals surface area contributed by atoms with Gasteiger partial charge in [0, 0.05) is 24.3 Å². The lowest BCUT2D eigenvalue weighted by Crippen LogP contribution is -2.37. The molecule has 0 saturated carbocycles. The molecule has 1 aliphatic heterocycles. The van der Waals surface area contributed by atoms with Gasteiger partial charge in [-0.1, -0.05) is 12.1 Å². The van der Waals surface area contributed by atoms with Gasteiger partial charge in [-0.2, -0.15) is 0 Å². The number of aliphatic hydroxyl groups is 1. The minimum Gasteiger partial charge on any atom is -0.392 e. The van der Waals surface area contributed by atoms with Crippen molar-refractivity contribution >= 4 is 33.1 Å². The first-order valence-electron chi connectivity index (χ1n) is 8.81. The summed E-state index contributed by atoms with van der Waals surface area (Å²) < 4.78 is 1.06. The van der Waals surface area contributed by atoms with Gasteiger partial charge in [-0.05, 0) is 55.3 Å². The Bertz CT molecular complexity index is 924. The summed E-state index contributed by atoms with van der Waals surface area (Å²) in [6.07, 6.45) is 1.65. The van der Waals surface area contributed by atoms with Crippen LogP contribution in [0.2, 0.25) is 0 Å². The van der Waals surface area contributed by atoms with Crippen molar-refractivity contribution in [3.63, 3.8) is 0 Å². The van der Waals surface area contributed by atoms with Gasteiger partial charge in [0.15, 0.2) is 0 Å². The number of piperidine rings is 1. The van der Waals surface area contributed by atoms with Crippen LogP contribution in [0.4, 0.5) is 5.69 Å². The van der Waals surface area contributed by atoms with E-state index in [4.69, 9.17) is 0 Å². The Labute approximate surface area is 156 Å². The molecule has 0 spiro atoms. The number of carbonyl (C=O) groups is 1. The van der Waals surface area contributed by atoms with Crippen LogP contribution < -0.4 is 5.32 Å². The molecule has 6 heteroatoms. The highest BCUT2D eigenvalue weighted by molar-refractivity contribution is 7.16. The Morgan fingerprint density at radius 1 is 1.31 bits per heavy atom. The molecule has 1 fully saturated rings. The SMILES string of the molecule is O=C(Nc1ccc2ncsc2c1)c1cccc(CN2CCC[C@H](O)C2)c1. The van der Waals surface area contributed by atoms with Crippen LogP contribution in [0, 0.1) is 0 Å². The molecule has 5 nitrogen and oxygen atoms in total. The van der Waals surface area contributed by atoms with Gasteiger partial charge in [0.05, 0.1) is 21.8 Å². The number of carbonyl (C=O) groups excluding carboxylic acids is 1. The van der Waals surface area contributed by atoms with E-state index in [1.165, 1.54) is 0 Å². The van der Waals surface area contributed by atoms with Gasteiger partial charge in [-0.3, -0.25) is 9.69 Å². The molecule has 1 atom stereocenters.